The van der Waals surface area contributed by atoms with Gasteiger partial charge in [-0.15, -0.1) is 0 Å². The molecule has 3 amide bonds. The summed E-state index contributed by atoms with van der Waals surface area (Å²) in [6, 6.07) is 6.57. The Labute approximate surface area is 156 Å². The predicted octanol–water partition coefficient (Wildman–Crippen LogP) is 3.46. The standard InChI is InChI=1S/C17H24BrN3O4/c1-3-5-12-21(15(22)10-11-16(23)25-4-2)20-17(24)19-14-8-6-13(18)7-9-14/h6-9H,3-5,10-12H2,1-2H3,(H2,19,20,24). The molecular weight excluding hydrogens is 390 g/mol. The number of hydrogen-bond acceptors (Lipinski definition) is 4. The van der Waals surface area contributed by atoms with Crippen molar-refractivity contribution in [1.29, 1.82) is 0 Å². The van der Waals surface area contributed by atoms with Crippen LogP contribution in [0.4, 0.5) is 10.5 Å². The van der Waals surface area contributed by atoms with E-state index in [1.807, 2.05) is 6.92 Å². The summed E-state index contributed by atoms with van der Waals surface area (Å²) in [5.74, 6) is -0.752. The van der Waals surface area contributed by atoms with E-state index in [-0.39, 0.29) is 25.4 Å². The number of ether oxygens (including phenoxy) is 1. The molecule has 0 aliphatic heterocycles. The number of anilines is 1. The molecule has 138 valence electrons. The van der Waals surface area contributed by atoms with E-state index in [2.05, 4.69) is 26.7 Å². The Morgan fingerprint density at radius 3 is 2.40 bits per heavy atom. The van der Waals surface area contributed by atoms with Crippen molar-refractivity contribution in [1.82, 2.24) is 10.4 Å². The molecule has 0 bridgehead atoms. The normalized spacial score (nSPS) is 10.0. The summed E-state index contributed by atoms with van der Waals surface area (Å²) < 4.78 is 5.71. The van der Waals surface area contributed by atoms with Crippen LogP contribution in [0.15, 0.2) is 28.7 Å². The molecule has 0 atom stereocenters. The fraction of sp³-hybridized carbons (Fsp3) is 0.471. The van der Waals surface area contributed by atoms with E-state index in [1.54, 1.807) is 31.2 Å². The zero-order valence-corrected chi connectivity index (χ0v) is 16.1. The minimum absolute atomic E-state index is 0.00862. The maximum Gasteiger partial charge on any atom is 0.338 e. The Hall–Kier alpha value is -2.09. The van der Waals surface area contributed by atoms with Gasteiger partial charge >= 0.3 is 12.0 Å². The molecule has 7 nitrogen and oxygen atoms in total. The Morgan fingerprint density at radius 2 is 1.80 bits per heavy atom. The fourth-order valence-electron chi connectivity index (χ4n) is 1.95. The van der Waals surface area contributed by atoms with Crippen molar-refractivity contribution in [2.24, 2.45) is 0 Å². The largest absolute Gasteiger partial charge is 0.466 e. The van der Waals surface area contributed by atoms with E-state index in [4.69, 9.17) is 4.74 Å². The first kappa shape index (κ1) is 21.0. The summed E-state index contributed by atoms with van der Waals surface area (Å²) in [5.41, 5.74) is 3.15. The Balaban J connectivity index is 2.58. The number of carbonyl (C=O) groups is 3. The monoisotopic (exact) mass is 413 g/mol. The first-order chi connectivity index (χ1) is 12.0. The number of hydrogen-bond donors (Lipinski definition) is 2. The predicted molar refractivity (Wildman–Crippen MR) is 98.8 cm³/mol. The van der Waals surface area contributed by atoms with Crippen molar-refractivity contribution >= 4 is 39.5 Å². The smallest absolute Gasteiger partial charge is 0.338 e. The van der Waals surface area contributed by atoms with E-state index in [1.165, 1.54) is 5.01 Å². The molecule has 2 N–H and O–H groups in total. The lowest BCUT2D eigenvalue weighted by Crippen LogP contribution is -2.48. The van der Waals surface area contributed by atoms with Crippen LogP contribution in [-0.4, -0.2) is 36.1 Å². The van der Waals surface area contributed by atoms with Gasteiger partial charge in [-0.05, 0) is 37.6 Å². The van der Waals surface area contributed by atoms with Crippen LogP contribution in [0.2, 0.25) is 0 Å². The second kappa shape index (κ2) is 11.5. The maximum absolute atomic E-state index is 12.3. The average molecular weight is 414 g/mol. The Kier molecular flexibility index (Phi) is 9.61. The number of urea groups is 1. The molecule has 0 aromatic heterocycles. The number of rotatable bonds is 8. The van der Waals surface area contributed by atoms with Gasteiger partial charge in [0, 0.05) is 23.1 Å². The van der Waals surface area contributed by atoms with Crippen LogP contribution in [-0.2, 0) is 14.3 Å². The number of benzene rings is 1. The van der Waals surface area contributed by atoms with Crippen LogP contribution >= 0.6 is 15.9 Å². The second-order valence-electron chi connectivity index (χ2n) is 5.28. The highest BCUT2D eigenvalue weighted by Gasteiger charge is 2.17. The fourth-order valence-corrected chi connectivity index (χ4v) is 2.22. The van der Waals surface area contributed by atoms with Gasteiger partial charge in [-0.1, -0.05) is 29.3 Å². The van der Waals surface area contributed by atoms with Crippen molar-refractivity contribution < 1.29 is 19.1 Å². The molecule has 0 aliphatic carbocycles. The topological polar surface area (TPSA) is 87.7 Å². The van der Waals surface area contributed by atoms with E-state index < -0.39 is 12.0 Å². The molecule has 0 radical (unpaired) electrons. The van der Waals surface area contributed by atoms with E-state index in [0.717, 1.165) is 17.3 Å². The van der Waals surface area contributed by atoms with Crippen LogP contribution in [0.1, 0.15) is 39.5 Å². The van der Waals surface area contributed by atoms with Crippen molar-refractivity contribution in [3.05, 3.63) is 28.7 Å². The highest BCUT2D eigenvalue weighted by Crippen LogP contribution is 2.14. The molecule has 25 heavy (non-hydrogen) atoms. The summed E-state index contributed by atoms with van der Waals surface area (Å²) >= 11 is 3.32. The maximum atomic E-state index is 12.3. The molecule has 0 fully saturated rings. The summed E-state index contributed by atoms with van der Waals surface area (Å²) in [7, 11) is 0. The molecule has 0 saturated heterocycles. The molecule has 0 unspecified atom stereocenters. The number of esters is 1. The number of nitrogens with zero attached hydrogens (tertiary/aromatic N) is 1. The SMILES string of the molecule is CCCCN(NC(=O)Nc1ccc(Br)cc1)C(=O)CCC(=O)OCC. The molecule has 1 aromatic carbocycles. The van der Waals surface area contributed by atoms with Gasteiger partial charge in [-0.3, -0.25) is 14.6 Å². The van der Waals surface area contributed by atoms with Crippen molar-refractivity contribution in [2.45, 2.75) is 39.5 Å². The third-order valence-corrected chi connectivity index (χ3v) is 3.75. The second-order valence-corrected chi connectivity index (χ2v) is 6.19. The van der Waals surface area contributed by atoms with Gasteiger partial charge in [0.25, 0.3) is 0 Å². The van der Waals surface area contributed by atoms with Crippen LogP contribution in [0.5, 0.6) is 0 Å². The molecule has 0 heterocycles. The summed E-state index contributed by atoms with van der Waals surface area (Å²) in [5, 5.41) is 3.91. The minimum atomic E-state index is -0.511. The average Bonchev–Trinajstić information content (AvgIpc) is 2.58. The summed E-state index contributed by atoms with van der Waals surface area (Å²) in [6.45, 7) is 4.36. The van der Waals surface area contributed by atoms with Crippen LogP contribution in [0, 0.1) is 0 Å². The zero-order chi connectivity index (χ0) is 18.7. The minimum Gasteiger partial charge on any atom is -0.466 e. The van der Waals surface area contributed by atoms with Crippen LogP contribution in [0.25, 0.3) is 0 Å². The van der Waals surface area contributed by atoms with Gasteiger partial charge in [0.1, 0.15) is 0 Å². The highest BCUT2D eigenvalue weighted by atomic mass is 79.9. The lowest BCUT2D eigenvalue weighted by Gasteiger charge is -2.23. The number of halogens is 1. The summed E-state index contributed by atoms with van der Waals surface area (Å²) in [4.78, 5) is 35.7. The van der Waals surface area contributed by atoms with Crippen molar-refractivity contribution in [3.8, 4) is 0 Å². The zero-order valence-electron chi connectivity index (χ0n) is 14.5. The molecule has 0 aliphatic rings. The third-order valence-electron chi connectivity index (χ3n) is 3.22. The molecule has 0 spiro atoms. The molecule has 1 aromatic rings. The van der Waals surface area contributed by atoms with Gasteiger partial charge in [-0.2, -0.15) is 0 Å². The Bertz CT molecular complexity index is 578. The van der Waals surface area contributed by atoms with Crippen molar-refractivity contribution in [3.63, 3.8) is 0 Å². The van der Waals surface area contributed by atoms with Gasteiger partial charge < -0.3 is 10.1 Å². The van der Waals surface area contributed by atoms with Gasteiger partial charge in [0.05, 0.1) is 13.0 Å². The molecule has 8 heteroatoms. The highest BCUT2D eigenvalue weighted by molar-refractivity contribution is 9.10. The van der Waals surface area contributed by atoms with E-state index in [0.29, 0.717) is 12.2 Å². The first-order valence-corrected chi connectivity index (χ1v) is 9.04. The quantitative estimate of drug-likeness (QED) is 0.504. The van der Waals surface area contributed by atoms with Gasteiger partial charge in [0.15, 0.2) is 0 Å². The number of nitrogens with one attached hydrogen (secondary N) is 2. The molecule has 0 saturated carbocycles. The van der Waals surface area contributed by atoms with E-state index >= 15 is 0 Å². The number of hydrazine groups is 1. The summed E-state index contributed by atoms with van der Waals surface area (Å²) in [6.07, 6.45) is 1.59. The van der Waals surface area contributed by atoms with Gasteiger partial charge in [-0.25, -0.2) is 10.2 Å². The van der Waals surface area contributed by atoms with Crippen LogP contribution in [0.3, 0.4) is 0 Å². The molecule has 1 rings (SSSR count). The number of carbonyl (C=O) groups excluding carboxylic acids is 3. The Morgan fingerprint density at radius 1 is 1.12 bits per heavy atom. The van der Waals surface area contributed by atoms with E-state index in [9.17, 15) is 14.4 Å². The van der Waals surface area contributed by atoms with Crippen LogP contribution < -0.4 is 10.7 Å². The third kappa shape index (κ3) is 8.53. The molecular formula is C17H24BrN3O4. The van der Waals surface area contributed by atoms with Crippen molar-refractivity contribution in [2.75, 3.05) is 18.5 Å². The lowest BCUT2D eigenvalue weighted by molar-refractivity contribution is -0.146. The lowest BCUT2D eigenvalue weighted by atomic mass is 10.2. The number of unbranched alkanes of at least 4 members (excludes halogenated alkanes) is 1. The van der Waals surface area contributed by atoms with Gasteiger partial charge in [0.2, 0.25) is 5.91 Å². The number of amides is 3. The first-order valence-electron chi connectivity index (χ1n) is 8.25.